The summed E-state index contributed by atoms with van der Waals surface area (Å²) in [6.07, 6.45) is 0. The van der Waals surface area contributed by atoms with Gasteiger partial charge in [-0.2, -0.15) is 0 Å². The zero-order valence-corrected chi connectivity index (χ0v) is 33.1. The summed E-state index contributed by atoms with van der Waals surface area (Å²) >= 11 is 0. The molecule has 2 aromatic heterocycles. The van der Waals surface area contributed by atoms with Gasteiger partial charge in [0.15, 0.2) is 17.5 Å². The summed E-state index contributed by atoms with van der Waals surface area (Å²) < 4.78 is 6.34. The van der Waals surface area contributed by atoms with E-state index >= 15 is 0 Å². The minimum atomic E-state index is 0.617. The highest BCUT2D eigenvalue weighted by Gasteiger charge is 2.17. The first kappa shape index (κ1) is 35.9. The maximum Gasteiger partial charge on any atom is 0.164 e. The van der Waals surface area contributed by atoms with Crippen molar-refractivity contribution in [2.75, 3.05) is 0 Å². The third-order valence-electron chi connectivity index (χ3n) is 11.4. The molecule has 4 nitrogen and oxygen atoms in total. The minimum absolute atomic E-state index is 0.617. The van der Waals surface area contributed by atoms with Crippen molar-refractivity contribution in [1.29, 1.82) is 0 Å². The molecule has 11 rings (SSSR count). The molecule has 0 fully saturated rings. The van der Waals surface area contributed by atoms with Crippen molar-refractivity contribution in [1.82, 2.24) is 15.0 Å². The molecule has 0 aliphatic rings. The third-order valence-corrected chi connectivity index (χ3v) is 11.4. The number of hydrogen-bond donors (Lipinski definition) is 0. The van der Waals surface area contributed by atoms with Gasteiger partial charge < -0.3 is 4.42 Å². The Labute approximate surface area is 354 Å². The van der Waals surface area contributed by atoms with E-state index < -0.39 is 0 Å². The molecule has 0 amide bonds. The van der Waals surface area contributed by atoms with E-state index in [0.717, 1.165) is 94.3 Å². The Balaban J connectivity index is 0.932. The van der Waals surface area contributed by atoms with Gasteiger partial charge in [0.2, 0.25) is 0 Å². The summed E-state index contributed by atoms with van der Waals surface area (Å²) in [4.78, 5) is 15.4. The molecular weight excluding hydrogens is 743 g/mol. The van der Waals surface area contributed by atoms with Crippen LogP contribution in [0.5, 0.6) is 0 Å². The molecule has 286 valence electrons. The van der Waals surface area contributed by atoms with Crippen molar-refractivity contribution in [2.45, 2.75) is 0 Å². The van der Waals surface area contributed by atoms with Gasteiger partial charge in [-0.25, -0.2) is 15.0 Å². The van der Waals surface area contributed by atoms with E-state index in [4.69, 9.17) is 19.4 Å². The molecule has 0 saturated heterocycles. The van der Waals surface area contributed by atoms with Crippen LogP contribution in [0.3, 0.4) is 0 Å². The van der Waals surface area contributed by atoms with Crippen LogP contribution in [0, 0.1) is 0 Å². The zero-order chi connectivity index (χ0) is 40.5. The van der Waals surface area contributed by atoms with Crippen molar-refractivity contribution in [3.8, 4) is 89.8 Å². The molecular formula is C57H37N3O. The molecule has 0 aliphatic heterocycles. The summed E-state index contributed by atoms with van der Waals surface area (Å²) in [6.45, 7) is 0. The lowest BCUT2D eigenvalue weighted by atomic mass is 9.96. The van der Waals surface area contributed by atoms with E-state index in [1.165, 1.54) is 0 Å². The second kappa shape index (κ2) is 15.5. The van der Waals surface area contributed by atoms with E-state index in [-0.39, 0.29) is 0 Å². The van der Waals surface area contributed by atoms with E-state index in [9.17, 15) is 0 Å². The van der Waals surface area contributed by atoms with E-state index in [1.807, 2.05) is 30.3 Å². The quantitative estimate of drug-likeness (QED) is 0.154. The Hall–Kier alpha value is -8.21. The highest BCUT2D eigenvalue weighted by atomic mass is 16.3. The van der Waals surface area contributed by atoms with Crippen LogP contribution in [0.1, 0.15) is 0 Å². The fourth-order valence-electron chi connectivity index (χ4n) is 8.28. The Morgan fingerprint density at radius 2 is 0.656 bits per heavy atom. The topological polar surface area (TPSA) is 51.8 Å². The predicted octanol–water partition coefficient (Wildman–Crippen LogP) is 15.1. The first-order valence-corrected chi connectivity index (χ1v) is 20.5. The second-order valence-electron chi connectivity index (χ2n) is 15.2. The van der Waals surface area contributed by atoms with E-state index in [1.54, 1.807) is 0 Å². The monoisotopic (exact) mass is 779 g/mol. The molecule has 0 spiro atoms. The highest BCUT2D eigenvalue weighted by Crippen LogP contribution is 2.38. The van der Waals surface area contributed by atoms with Crippen molar-refractivity contribution in [3.63, 3.8) is 0 Å². The van der Waals surface area contributed by atoms with Crippen LogP contribution in [0.25, 0.3) is 112 Å². The molecule has 61 heavy (non-hydrogen) atoms. The lowest BCUT2D eigenvalue weighted by Gasteiger charge is -2.13. The molecule has 0 bridgehead atoms. The normalized spacial score (nSPS) is 11.3. The number of fused-ring (bicyclic) bond motifs is 3. The van der Waals surface area contributed by atoms with Gasteiger partial charge in [-0.1, -0.05) is 206 Å². The maximum absolute atomic E-state index is 6.34. The number of rotatable bonds is 8. The Morgan fingerprint density at radius 1 is 0.246 bits per heavy atom. The van der Waals surface area contributed by atoms with Gasteiger partial charge in [-0.05, 0) is 68.3 Å². The van der Waals surface area contributed by atoms with Crippen molar-refractivity contribution < 1.29 is 4.42 Å². The van der Waals surface area contributed by atoms with Crippen LogP contribution in [-0.2, 0) is 0 Å². The van der Waals surface area contributed by atoms with Crippen LogP contribution in [0.4, 0.5) is 0 Å². The summed E-state index contributed by atoms with van der Waals surface area (Å²) in [6, 6.07) is 78.2. The zero-order valence-electron chi connectivity index (χ0n) is 33.1. The van der Waals surface area contributed by atoms with E-state index in [2.05, 4.69) is 194 Å². The lowest BCUT2D eigenvalue weighted by Crippen LogP contribution is -2.01. The average Bonchev–Trinajstić information content (AvgIpc) is 3.74. The van der Waals surface area contributed by atoms with Gasteiger partial charge in [-0.3, -0.25) is 0 Å². The van der Waals surface area contributed by atoms with Crippen LogP contribution in [0.2, 0.25) is 0 Å². The predicted molar refractivity (Wildman–Crippen MR) is 251 cm³/mol. The molecule has 4 heteroatoms. The van der Waals surface area contributed by atoms with Gasteiger partial charge in [0.1, 0.15) is 11.2 Å². The average molecular weight is 780 g/mol. The molecule has 0 N–H and O–H groups in total. The molecule has 9 aromatic carbocycles. The van der Waals surface area contributed by atoms with Gasteiger partial charge in [0.05, 0.1) is 0 Å². The number of para-hydroxylation sites is 2. The summed E-state index contributed by atoms with van der Waals surface area (Å²) in [5.41, 5.74) is 15.8. The third kappa shape index (κ3) is 6.96. The Morgan fingerprint density at radius 3 is 1.34 bits per heavy atom. The standard InChI is InChI=1S/C57H37N3O/c1-3-14-38(15-4-1)46-20-12-21-47(37-46)56-58-55(59-57(60-56)52-24-8-7-22-48(52)41-16-5-2-6-17-41)43-34-30-40(31-35-43)45-19-11-18-44(36-45)39-28-32-42(33-29-39)49-25-13-26-51-50-23-9-10-27-53(50)61-54(49)51/h1-37H. The maximum atomic E-state index is 6.34. The highest BCUT2D eigenvalue weighted by molar-refractivity contribution is 6.09. The van der Waals surface area contributed by atoms with Crippen molar-refractivity contribution in [2.24, 2.45) is 0 Å². The van der Waals surface area contributed by atoms with Crippen LogP contribution < -0.4 is 0 Å². The van der Waals surface area contributed by atoms with Crippen LogP contribution in [-0.4, -0.2) is 15.0 Å². The number of furan rings is 1. The molecule has 0 atom stereocenters. The van der Waals surface area contributed by atoms with Crippen LogP contribution in [0.15, 0.2) is 229 Å². The molecule has 2 heterocycles. The number of aromatic nitrogens is 3. The van der Waals surface area contributed by atoms with Crippen molar-refractivity contribution >= 4 is 21.9 Å². The van der Waals surface area contributed by atoms with Gasteiger partial charge in [0, 0.05) is 33.0 Å². The summed E-state index contributed by atoms with van der Waals surface area (Å²) in [5, 5.41) is 2.27. The molecule has 0 saturated carbocycles. The molecule has 11 aromatic rings. The lowest BCUT2D eigenvalue weighted by molar-refractivity contribution is 0.670. The Bertz CT molecular complexity index is 3340. The Kier molecular flexibility index (Phi) is 9.14. The van der Waals surface area contributed by atoms with E-state index in [0.29, 0.717) is 17.5 Å². The first-order valence-electron chi connectivity index (χ1n) is 20.5. The molecule has 0 aliphatic carbocycles. The fraction of sp³-hybridized carbons (Fsp3) is 0. The molecule has 0 unspecified atom stereocenters. The first-order chi connectivity index (χ1) is 30.2. The number of nitrogens with zero attached hydrogens (tertiary/aromatic N) is 3. The van der Waals surface area contributed by atoms with Gasteiger partial charge in [-0.15, -0.1) is 0 Å². The van der Waals surface area contributed by atoms with Crippen molar-refractivity contribution in [3.05, 3.63) is 224 Å². The minimum Gasteiger partial charge on any atom is -0.455 e. The van der Waals surface area contributed by atoms with Gasteiger partial charge in [0.25, 0.3) is 0 Å². The van der Waals surface area contributed by atoms with Crippen LogP contribution >= 0.6 is 0 Å². The number of hydrogen-bond acceptors (Lipinski definition) is 4. The summed E-state index contributed by atoms with van der Waals surface area (Å²) in [5.74, 6) is 1.87. The fourth-order valence-corrected chi connectivity index (χ4v) is 8.28. The van der Waals surface area contributed by atoms with Gasteiger partial charge >= 0.3 is 0 Å². The summed E-state index contributed by atoms with van der Waals surface area (Å²) in [7, 11) is 0. The smallest absolute Gasteiger partial charge is 0.164 e. The number of benzene rings is 9. The second-order valence-corrected chi connectivity index (χ2v) is 15.2. The SMILES string of the molecule is c1ccc(-c2cccc(-c3nc(-c4ccc(-c5cccc(-c6ccc(-c7cccc8c7oc7ccccc78)cc6)c5)cc4)nc(-c4ccccc4-c4ccccc4)n3)c2)cc1. The molecule has 0 radical (unpaired) electrons. The largest absolute Gasteiger partial charge is 0.455 e.